The molecule has 1 saturated heterocycles. The third-order valence-electron chi connectivity index (χ3n) is 4.32. The van der Waals surface area contributed by atoms with Gasteiger partial charge in [-0.05, 0) is 45.4 Å². The van der Waals surface area contributed by atoms with Crippen LogP contribution < -0.4 is 5.32 Å². The molecule has 0 radical (unpaired) electrons. The van der Waals surface area contributed by atoms with Crippen molar-refractivity contribution in [3.63, 3.8) is 0 Å². The van der Waals surface area contributed by atoms with Crippen LogP contribution in [0.1, 0.15) is 58.8 Å². The fourth-order valence-corrected chi connectivity index (χ4v) is 3.11. The third kappa shape index (κ3) is 3.43. The van der Waals surface area contributed by atoms with Gasteiger partial charge in [0.15, 0.2) is 0 Å². The van der Waals surface area contributed by atoms with Crippen LogP contribution in [0.5, 0.6) is 0 Å². The Balaban J connectivity index is 1.75. The van der Waals surface area contributed by atoms with Crippen molar-refractivity contribution in [2.45, 2.75) is 76.0 Å². The lowest BCUT2D eigenvalue weighted by Gasteiger charge is -2.47. The molecule has 2 rings (SSSR count). The fraction of sp³-hybridized carbons (Fsp3) is 1.00. The Morgan fingerprint density at radius 1 is 1.47 bits per heavy atom. The summed E-state index contributed by atoms with van der Waals surface area (Å²) in [5.74, 6) is 0. The van der Waals surface area contributed by atoms with E-state index < -0.39 is 5.60 Å². The maximum absolute atomic E-state index is 10.2. The van der Waals surface area contributed by atoms with E-state index in [9.17, 15) is 5.11 Å². The Morgan fingerprint density at radius 3 is 2.82 bits per heavy atom. The van der Waals surface area contributed by atoms with Gasteiger partial charge in [0.05, 0.1) is 11.2 Å². The van der Waals surface area contributed by atoms with Crippen LogP contribution in [0.4, 0.5) is 0 Å². The molecule has 0 aromatic carbocycles. The average Bonchev–Trinajstić information content (AvgIpc) is 2.25. The van der Waals surface area contributed by atoms with Gasteiger partial charge in [0.25, 0.3) is 0 Å². The van der Waals surface area contributed by atoms with E-state index in [0.29, 0.717) is 12.6 Å². The molecule has 2 aliphatic rings. The molecule has 3 nitrogen and oxygen atoms in total. The summed E-state index contributed by atoms with van der Waals surface area (Å²) in [6, 6.07) is 0.535. The molecular formula is C14H27NO2. The largest absolute Gasteiger partial charge is 0.389 e. The van der Waals surface area contributed by atoms with Gasteiger partial charge in [-0.2, -0.15) is 0 Å². The summed E-state index contributed by atoms with van der Waals surface area (Å²) in [6.07, 6.45) is 7.91. The van der Waals surface area contributed by atoms with Crippen LogP contribution in [0.3, 0.4) is 0 Å². The summed E-state index contributed by atoms with van der Waals surface area (Å²) in [6.45, 7) is 5.64. The molecule has 2 N–H and O–H groups in total. The van der Waals surface area contributed by atoms with Crippen LogP contribution in [0.2, 0.25) is 0 Å². The lowest BCUT2D eigenvalue weighted by molar-refractivity contribution is -0.136. The zero-order valence-corrected chi connectivity index (χ0v) is 11.3. The molecule has 1 spiro atoms. The minimum Gasteiger partial charge on any atom is -0.389 e. The quantitative estimate of drug-likeness (QED) is 0.775. The number of aliphatic hydroxyl groups is 1. The predicted octanol–water partition coefficient (Wildman–Crippen LogP) is 2.23. The molecule has 100 valence electrons. The van der Waals surface area contributed by atoms with Crippen LogP contribution in [0.25, 0.3) is 0 Å². The summed E-state index contributed by atoms with van der Waals surface area (Å²) in [4.78, 5) is 0. The number of ether oxygens (including phenoxy) is 1. The second-order valence-electron chi connectivity index (χ2n) is 6.20. The molecule has 3 heteroatoms. The van der Waals surface area contributed by atoms with E-state index in [4.69, 9.17) is 4.74 Å². The first-order chi connectivity index (χ1) is 8.05. The molecule has 0 amide bonds. The van der Waals surface area contributed by atoms with E-state index in [1.54, 1.807) is 0 Å². The Kier molecular flexibility index (Phi) is 4.11. The fourth-order valence-electron chi connectivity index (χ4n) is 3.11. The van der Waals surface area contributed by atoms with Crippen molar-refractivity contribution in [1.82, 2.24) is 5.32 Å². The molecule has 0 bridgehead atoms. The zero-order valence-electron chi connectivity index (χ0n) is 11.3. The summed E-state index contributed by atoms with van der Waals surface area (Å²) in [7, 11) is 0. The molecule has 0 aromatic rings. The molecule has 1 saturated carbocycles. The predicted molar refractivity (Wildman–Crippen MR) is 69.1 cm³/mol. The molecule has 2 fully saturated rings. The molecule has 1 heterocycles. The second-order valence-corrected chi connectivity index (χ2v) is 6.20. The van der Waals surface area contributed by atoms with Gasteiger partial charge in [0.1, 0.15) is 0 Å². The van der Waals surface area contributed by atoms with Crippen molar-refractivity contribution >= 4 is 0 Å². The van der Waals surface area contributed by atoms with Gasteiger partial charge in [-0.3, -0.25) is 0 Å². The van der Waals surface area contributed by atoms with Crippen molar-refractivity contribution < 1.29 is 9.84 Å². The highest BCUT2D eigenvalue weighted by atomic mass is 16.5. The molecule has 17 heavy (non-hydrogen) atoms. The Bertz CT molecular complexity index is 249. The Hall–Kier alpha value is -0.120. The molecule has 1 aliphatic heterocycles. The Labute approximate surface area is 105 Å². The van der Waals surface area contributed by atoms with E-state index in [2.05, 4.69) is 12.2 Å². The van der Waals surface area contributed by atoms with Crippen molar-refractivity contribution in [3.05, 3.63) is 0 Å². The lowest BCUT2D eigenvalue weighted by atomic mass is 9.74. The first-order valence-corrected chi connectivity index (χ1v) is 7.15. The van der Waals surface area contributed by atoms with Crippen LogP contribution in [-0.2, 0) is 4.74 Å². The third-order valence-corrected chi connectivity index (χ3v) is 4.32. The van der Waals surface area contributed by atoms with Gasteiger partial charge < -0.3 is 15.2 Å². The molecule has 2 atom stereocenters. The van der Waals surface area contributed by atoms with Crippen molar-refractivity contribution in [1.29, 1.82) is 0 Å². The minimum absolute atomic E-state index is 0.201. The topological polar surface area (TPSA) is 41.5 Å². The van der Waals surface area contributed by atoms with Gasteiger partial charge >= 0.3 is 0 Å². The van der Waals surface area contributed by atoms with E-state index in [1.165, 1.54) is 19.3 Å². The molecule has 0 aromatic heterocycles. The molecule has 2 unspecified atom stereocenters. The number of rotatable bonds is 5. The van der Waals surface area contributed by atoms with Crippen LogP contribution >= 0.6 is 0 Å². The lowest BCUT2D eigenvalue weighted by Crippen LogP contribution is -2.53. The molecular weight excluding hydrogens is 214 g/mol. The van der Waals surface area contributed by atoms with Gasteiger partial charge in [-0.1, -0.05) is 13.3 Å². The number of hydrogen-bond donors (Lipinski definition) is 2. The number of nitrogens with one attached hydrogen (secondary N) is 1. The Morgan fingerprint density at radius 2 is 2.24 bits per heavy atom. The van der Waals surface area contributed by atoms with E-state index in [0.717, 1.165) is 32.3 Å². The maximum Gasteiger partial charge on any atom is 0.0743 e. The summed E-state index contributed by atoms with van der Waals surface area (Å²) < 4.78 is 5.91. The monoisotopic (exact) mass is 241 g/mol. The van der Waals surface area contributed by atoms with Crippen molar-refractivity contribution in [2.24, 2.45) is 0 Å². The standard InChI is InChI=1S/C14H27NO2/c1-3-6-13(2,16)11-15-12-5-9-17-14(10-12)7-4-8-14/h12,15-16H,3-11H2,1-2H3. The average molecular weight is 241 g/mol. The zero-order chi connectivity index (χ0) is 12.4. The van der Waals surface area contributed by atoms with Crippen LogP contribution in [-0.4, -0.2) is 35.5 Å². The summed E-state index contributed by atoms with van der Waals surface area (Å²) >= 11 is 0. The van der Waals surface area contributed by atoms with Crippen LogP contribution in [0.15, 0.2) is 0 Å². The van der Waals surface area contributed by atoms with E-state index >= 15 is 0 Å². The van der Waals surface area contributed by atoms with Crippen molar-refractivity contribution in [3.8, 4) is 0 Å². The number of hydrogen-bond acceptors (Lipinski definition) is 3. The second kappa shape index (κ2) is 5.25. The maximum atomic E-state index is 10.2. The SMILES string of the molecule is CCCC(C)(O)CNC1CCOC2(CCC2)C1. The highest BCUT2D eigenvalue weighted by molar-refractivity contribution is 4.96. The van der Waals surface area contributed by atoms with Gasteiger partial charge in [-0.25, -0.2) is 0 Å². The van der Waals surface area contributed by atoms with Gasteiger partial charge in [-0.15, -0.1) is 0 Å². The van der Waals surface area contributed by atoms with E-state index in [1.807, 2.05) is 6.92 Å². The minimum atomic E-state index is -0.556. The highest BCUT2D eigenvalue weighted by Crippen LogP contribution is 2.42. The summed E-state index contributed by atoms with van der Waals surface area (Å²) in [5, 5.41) is 13.7. The highest BCUT2D eigenvalue weighted by Gasteiger charge is 2.42. The van der Waals surface area contributed by atoms with E-state index in [-0.39, 0.29) is 5.60 Å². The summed E-state index contributed by atoms with van der Waals surface area (Å²) in [5.41, 5.74) is -0.355. The smallest absolute Gasteiger partial charge is 0.0743 e. The molecule has 1 aliphatic carbocycles. The van der Waals surface area contributed by atoms with Crippen molar-refractivity contribution in [2.75, 3.05) is 13.2 Å². The first kappa shape index (κ1) is 13.3. The van der Waals surface area contributed by atoms with Crippen LogP contribution in [0, 0.1) is 0 Å². The first-order valence-electron chi connectivity index (χ1n) is 7.15. The normalized spacial score (nSPS) is 30.9. The van der Waals surface area contributed by atoms with Gasteiger partial charge in [0.2, 0.25) is 0 Å². The van der Waals surface area contributed by atoms with Gasteiger partial charge in [0, 0.05) is 19.2 Å².